The molecule has 39 heavy (non-hydrogen) atoms. The summed E-state index contributed by atoms with van der Waals surface area (Å²) in [5.74, 6) is 0.366. The fourth-order valence-corrected chi connectivity index (χ4v) is 6.26. The SMILES string of the molecule is Cc1ccc(C(O)(CN2CC3CN(c4ccc(Cc5ccc(F)cc5)cc4)CC3C2)Cn2cncn2)c(F)c1. The van der Waals surface area contributed by atoms with Crippen LogP contribution in [0.1, 0.15) is 22.3 Å². The number of rotatable bonds is 8. The minimum atomic E-state index is -1.43. The molecule has 3 aromatic carbocycles. The van der Waals surface area contributed by atoms with E-state index >= 15 is 4.39 Å². The molecule has 4 aromatic rings. The number of benzene rings is 3. The minimum absolute atomic E-state index is 0.134. The van der Waals surface area contributed by atoms with E-state index in [9.17, 15) is 9.50 Å². The maximum Gasteiger partial charge on any atom is 0.137 e. The zero-order valence-corrected chi connectivity index (χ0v) is 22.0. The molecular formula is C31H33F2N5O. The van der Waals surface area contributed by atoms with Gasteiger partial charge in [-0.3, -0.25) is 4.90 Å². The van der Waals surface area contributed by atoms with Crippen molar-refractivity contribution in [2.24, 2.45) is 11.8 Å². The Kier molecular flexibility index (Phi) is 6.91. The Morgan fingerprint density at radius 1 is 0.872 bits per heavy atom. The third-order valence-electron chi connectivity index (χ3n) is 8.19. The molecule has 2 aliphatic rings. The van der Waals surface area contributed by atoms with Crippen LogP contribution in [0.2, 0.25) is 0 Å². The van der Waals surface area contributed by atoms with E-state index in [-0.39, 0.29) is 12.4 Å². The van der Waals surface area contributed by atoms with Gasteiger partial charge in [0.25, 0.3) is 0 Å². The van der Waals surface area contributed by atoms with Crippen molar-refractivity contribution in [2.75, 3.05) is 37.6 Å². The summed E-state index contributed by atoms with van der Waals surface area (Å²) in [5, 5.41) is 16.0. The van der Waals surface area contributed by atoms with E-state index < -0.39 is 11.4 Å². The Balaban J connectivity index is 1.10. The normalized spacial score (nSPS) is 20.8. The fourth-order valence-electron chi connectivity index (χ4n) is 6.26. The zero-order chi connectivity index (χ0) is 27.0. The summed E-state index contributed by atoms with van der Waals surface area (Å²) in [4.78, 5) is 8.71. The summed E-state index contributed by atoms with van der Waals surface area (Å²) in [6.45, 7) is 5.94. The second-order valence-corrected chi connectivity index (χ2v) is 11.2. The molecule has 2 aliphatic heterocycles. The first-order valence-corrected chi connectivity index (χ1v) is 13.5. The molecule has 0 spiro atoms. The lowest BCUT2D eigenvalue weighted by Gasteiger charge is -2.34. The Hall–Kier alpha value is -3.62. The summed E-state index contributed by atoms with van der Waals surface area (Å²) < 4.78 is 29.8. The number of β-amino-alcohol motifs (C(OH)–C–C–N with tert-alkyl or cyclic N) is 1. The van der Waals surface area contributed by atoms with E-state index in [1.807, 2.05) is 25.1 Å². The van der Waals surface area contributed by atoms with Crippen molar-refractivity contribution >= 4 is 5.69 Å². The van der Waals surface area contributed by atoms with Crippen LogP contribution in [-0.2, 0) is 18.6 Å². The van der Waals surface area contributed by atoms with E-state index in [4.69, 9.17) is 0 Å². The minimum Gasteiger partial charge on any atom is -0.382 e. The highest BCUT2D eigenvalue weighted by molar-refractivity contribution is 5.49. The Morgan fingerprint density at radius 3 is 2.15 bits per heavy atom. The van der Waals surface area contributed by atoms with Gasteiger partial charge in [0.2, 0.25) is 0 Å². The van der Waals surface area contributed by atoms with Crippen LogP contribution >= 0.6 is 0 Å². The number of likely N-dealkylation sites (tertiary alicyclic amines) is 1. The van der Waals surface area contributed by atoms with Gasteiger partial charge < -0.3 is 10.0 Å². The molecule has 1 aromatic heterocycles. The summed E-state index contributed by atoms with van der Waals surface area (Å²) in [6.07, 6.45) is 3.76. The molecule has 0 amide bonds. The van der Waals surface area contributed by atoms with Gasteiger partial charge in [0.15, 0.2) is 0 Å². The predicted molar refractivity (Wildman–Crippen MR) is 146 cm³/mol. The first-order chi connectivity index (χ1) is 18.8. The first kappa shape index (κ1) is 25.6. The molecule has 0 bridgehead atoms. The molecule has 3 heterocycles. The first-order valence-electron chi connectivity index (χ1n) is 13.5. The van der Waals surface area contributed by atoms with Crippen molar-refractivity contribution in [3.8, 4) is 0 Å². The standard InChI is InChI=1S/C31H33F2N5O/c1-22-2-11-29(30(33)12-22)31(39,19-38-21-34-20-35-38)18-36-14-25-16-37(17-26(25)15-36)28-9-5-24(6-10-28)13-23-3-7-27(32)8-4-23/h2-12,20-21,25-26,39H,13-19H2,1H3. The van der Waals surface area contributed by atoms with Crippen LogP contribution in [0.15, 0.2) is 79.4 Å². The van der Waals surface area contributed by atoms with Crippen molar-refractivity contribution < 1.29 is 13.9 Å². The van der Waals surface area contributed by atoms with Crippen LogP contribution < -0.4 is 4.90 Å². The number of hydrogen-bond acceptors (Lipinski definition) is 5. The number of halogens is 2. The lowest BCUT2D eigenvalue weighted by atomic mass is 9.91. The van der Waals surface area contributed by atoms with E-state index in [0.717, 1.165) is 43.7 Å². The Morgan fingerprint density at radius 2 is 1.54 bits per heavy atom. The highest BCUT2D eigenvalue weighted by Gasteiger charge is 2.44. The van der Waals surface area contributed by atoms with E-state index in [2.05, 4.69) is 44.1 Å². The molecule has 202 valence electrons. The number of hydrogen-bond donors (Lipinski definition) is 1. The number of anilines is 1. The Bertz CT molecular complexity index is 1400. The number of fused-ring (bicyclic) bond motifs is 1. The van der Waals surface area contributed by atoms with Crippen LogP contribution in [0.25, 0.3) is 0 Å². The molecule has 6 rings (SSSR count). The molecule has 6 nitrogen and oxygen atoms in total. The van der Waals surface area contributed by atoms with Crippen molar-refractivity contribution in [1.29, 1.82) is 0 Å². The third kappa shape index (κ3) is 5.58. The quantitative estimate of drug-likeness (QED) is 0.367. The number of aliphatic hydroxyl groups is 1. The fraction of sp³-hybridized carbons (Fsp3) is 0.355. The van der Waals surface area contributed by atoms with E-state index in [0.29, 0.717) is 23.9 Å². The molecule has 2 saturated heterocycles. The summed E-state index contributed by atoms with van der Waals surface area (Å²) >= 11 is 0. The molecule has 2 fully saturated rings. The molecule has 0 aliphatic carbocycles. The van der Waals surface area contributed by atoms with Crippen molar-refractivity contribution in [3.63, 3.8) is 0 Å². The van der Waals surface area contributed by atoms with Gasteiger partial charge in [0, 0.05) is 44.0 Å². The summed E-state index contributed by atoms with van der Waals surface area (Å²) in [7, 11) is 0. The molecule has 0 radical (unpaired) electrons. The topological polar surface area (TPSA) is 57.4 Å². The highest BCUT2D eigenvalue weighted by atomic mass is 19.1. The molecule has 3 atom stereocenters. The largest absolute Gasteiger partial charge is 0.382 e. The maximum absolute atomic E-state index is 15.0. The summed E-state index contributed by atoms with van der Waals surface area (Å²) in [5.41, 5.74) is 3.19. The molecule has 1 N–H and O–H groups in total. The summed E-state index contributed by atoms with van der Waals surface area (Å²) in [6, 6.07) is 20.3. The van der Waals surface area contributed by atoms with Gasteiger partial charge >= 0.3 is 0 Å². The lowest BCUT2D eigenvalue weighted by molar-refractivity contribution is -0.0177. The van der Waals surface area contributed by atoms with Crippen LogP contribution in [0.3, 0.4) is 0 Å². The molecular weight excluding hydrogens is 496 g/mol. The zero-order valence-electron chi connectivity index (χ0n) is 22.0. The van der Waals surface area contributed by atoms with E-state index in [1.54, 1.807) is 17.1 Å². The smallest absolute Gasteiger partial charge is 0.137 e. The molecule has 0 saturated carbocycles. The van der Waals surface area contributed by atoms with Crippen LogP contribution in [-0.4, -0.2) is 57.5 Å². The lowest BCUT2D eigenvalue weighted by Crippen LogP contribution is -2.44. The van der Waals surface area contributed by atoms with Gasteiger partial charge in [-0.2, -0.15) is 5.10 Å². The van der Waals surface area contributed by atoms with E-state index in [1.165, 1.54) is 35.8 Å². The second-order valence-electron chi connectivity index (χ2n) is 11.2. The van der Waals surface area contributed by atoms with Gasteiger partial charge in [0.05, 0.1) is 6.54 Å². The van der Waals surface area contributed by atoms with Gasteiger partial charge in [-0.15, -0.1) is 0 Å². The average molecular weight is 530 g/mol. The van der Waals surface area contributed by atoms with Crippen LogP contribution in [0, 0.1) is 30.4 Å². The van der Waals surface area contributed by atoms with Crippen molar-refractivity contribution in [3.05, 3.63) is 113 Å². The Labute approximate surface area is 227 Å². The number of aryl methyl sites for hydroxylation is 1. The monoisotopic (exact) mass is 529 g/mol. The molecule has 8 heteroatoms. The number of nitrogens with zero attached hydrogens (tertiary/aromatic N) is 5. The third-order valence-corrected chi connectivity index (χ3v) is 8.19. The predicted octanol–water partition coefficient (Wildman–Crippen LogP) is 4.41. The van der Waals surface area contributed by atoms with Crippen molar-refractivity contribution in [2.45, 2.75) is 25.5 Å². The molecule has 3 unspecified atom stereocenters. The highest BCUT2D eigenvalue weighted by Crippen LogP contribution is 2.36. The van der Waals surface area contributed by atoms with Gasteiger partial charge in [-0.1, -0.05) is 36.4 Å². The van der Waals surface area contributed by atoms with Crippen LogP contribution in [0.4, 0.5) is 14.5 Å². The number of aromatic nitrogens is 3. The van der Waals surface area contributed by atoms with Crippen molar-refractivity contribution in [1.82, 2.24) is 19.7 Å². The maximum atomic E-state index is 15.0. The van der Waals surface area contributed by atoms with Gasteiger partial charge in [0.1, 0.15) is 29.9 Å². The van der Waals surface area contributed by atoms with Gasteiger partial charge in [-0.25, -0.2) is 18.4 Å². The average Bonchev–Trinajstić information content (AvgIpc) is 3.63. The second kappa shape index (κ2) is 10.5. The van der Waals surface area contributed by atoms with Gasteiger partial charge in [-0.05, 0) is 72.2 Å². The van der Waals surface area contributed by atoms with Crippen LogP contribution in [0.5, 0.6) is 0 Å².